The number of piperidine rings is 1. The number of benzene rings is 1. The third-order valence-electron chi connectivity index (χ3n) is 3.44. The van der Waals surface area contributed by atoms with E-state index in [2.05, 4.69) is 5.32 Å². The molecule has 0 saturated carbocycles. The number of anilines is 1. The van der Waals surface area contributed by atoms with Crippen LogP contribution in [-0.2, 0) is 9.59 Å². The van der Waals surface area contributed by atoms with Gasteiger partial charge in [-0.25, -0.2) is 4.39 Å². The third-order valence-corrected chi connectivity index (χ3v) is 3.75. The van der Waals surface area contributed by atoms with Gasteiger partial charge in [0.1, 0.15) is 5.82 Å². The van der Waals surface area contributed by atoms with Crippen LogP contribution in [-0.4, -0.2) is 41.5 Å². The number of nitrogens with one attached hydrogen (secondary N) is 1. The third kappa shape index (κ3) is 3.92. The molecule has 0 radical (unpaired) electrons. The molecule has 1 heterocycles. The molecule has 1 aromatic carbocycles. The normalized spacial score (nSPS) is 18.4. The monoisotopic (exact) mass is 314 g/mol. The number of amides is 2. The van der Waals surface area contributed by atoms with Gasteiger partial charge in [0, 0.05) is 19.7 Å². The fraction of sp³-hybridized carbons (Fsp3) is 0.429. The van der Waals surface area contributed by atoms with Crippen LogP contribution in [0, 0.1) is 11.7 Å². The average Bonchev–Trinajstić information content (AvgIpc) is 2.49. The van der Waals surface area contributed by atoms with Gasteiger partial charge in [0.2, 0.25) is 0 Å². The zero-order valence-electron chi connectivity index (χ0n) is 11.3. The Kier molecular flexibility index (Phi) is 5.14. The number of rotatable bonds is 2. The van der Waals surface area contributed by atoms with E-state index in [1.54, 1.807) is 0 Å². The van der Waals surface area contributed by atoms with E-state index in [0.717, 1.165) is 25.0 Å². The van der Waals surface area contributed by atoms with Crippen LogP contribution in [0.25, 0.3) is 0 Å². The minimum Gasteiger partial charge on any atom is -0.396 e. The van der Waals surface area contributed by atoms with Crippen LogP contribution in [0.4, 0.5) is 10.1 Å². The molecule has 1 aliphatic rings. The Morgan fingerprint density at radius 3 is 2.90 bits per heavy atom. The Bertz CT molecular complexity index is 553. The summed E-state index contributed by atoms with van der Waals surface area (Å²) >= 11 is 5.80. The topological polar surface area (TPSA) is 69.6 Å². The first-order valence-electron chi connectivity index (χ1n) is 6.67. The first kappa shape index (κ1) is 15.7. The molecule has 7 heteroatoms. The van der Waals surface area contributed by atoms with E-state index in [-0.39, 0.29) is 23.2 Å². The molecule has 0 spiro atoms. The zero-order valence-corrected chi connectivity index (χ0v) is 12.1. The number of aliphatic hydroxyl groups is 1. The summed E-state index contributed by atoms with van der Waals surface area (Å²) in [5.74, 6) is -2.01. The Hall–Kier alpha value is -1.66. The van der Waals surface area contributed by atoms with Gasteiger partial charge in [0.15, 0.2) is 0 Å². The number of likely N-dealkylation sites (tertiary alicyclic amines) is 1. The summed E-state index contributed by atoms with van der Waals surface area (Å²) in [4.78, 5) is 25.4. The van der Waals surface area contributed by atoms with Crippen LogP contribution in [0.5, 0.6) is 0 Å². The smallest absolute Gasteiger partial charge is 0.313 e. The second kappa shape index (κ2) is 6.87. The number of halogens is 2. The molecule has 1 fully saturated rings. The Labute approximate surface area is 126 Å². The first-order valence-corrected chi connectivity index (χ1v) is 7.05. The van der Waals surface area contributed by atoms with Crippen molar-refractivity contribution in [3.05, 3.63) is 29.0 Å². The van der Waals surface area contributed by atoms with Gasteiger partial charge in [0.05, 0.1) is 10.7 Å². The molecule has 114 valence electrons. The largest absolute Gasteiger partial charge is 0.396 e. The van der Waals surface area contributed by atoms with E-state index in [1.165, 1.54) is 11.0 Å². The van der Waals surface area contributed by atoms with Crippen molar-refractivity contribution in [2.24, 2.45) is 5.92 Å². The summed E-state index contributed by atoms with van der Waals surface area (Å²) in [6.07, 6.45) is 1.59. The second-order valence-corrected chi connectivity index (χ2v) is 5.43. The molecule has 1 atom stereocenters. The van der Waals surface area contributed by atoms with Crippen molar-refractivity contribution in [2.45, 2.75) is 12.8 Å². The van der Waals surface area contributed by atoms with E-state index in [1.807, 2.05) is 0 Å². The Morgan fingerprint density at radius 1 is 1.48 bits per heavy atom. The lowest BCUT2D eigenvalue weighted by atomic mass is 9.99. The highest BCUT2D eigenvalue weighted by molar-refractivity contribution is 6.41. The number of hydrogen-bond donors (Lipinski definition) is 2. The van der Waals surface area contributed by atoms with Gasteiger partial charge in [0.25, 0.3) is 0 Å². The lowest BCUT2D eigenvalue weighted by Gasteiger charge is -2.31. The predicted molar refractivity (Wildman–Crippen MR) is 76.4 cm³/mol. The zero-order chi connectivity index (χ0) is 15.4. The summed E-state index contributed by atoms with van der Waals surface area (Å²) < 4.78 is 12.9. The summed E-state index contributed by atoms with van der Waals surface area (Å²) in [5.41, 5.74) is 0.187. The molecular formula is C14H16ClFN2O3. The molecule has 2 N–H and O–H groups in total. The van der Waals surface area contributed by atoms with Crippen molar-refractivity contribution in [1.82, 2.24) is 4.90 Å². The highest BCUT2D eigenvalue weighted by Crippen LogP contribution is 2.23. The first-order chi connectivity index (χ1) is 10.0. The highest BCUT2D eigenvalue weighted by atomic mass is 35.5. The minimum atomic E-state index is -0.818. The van der Waals surface area contributed by atoms with Crippen LogP contribution in [0.2, 0.25) is 5.02 Å². The van der Waals surface area contributed by atoms with Crippen LogP contribution < -0.4 is 5.32 Å². The van der Waals surface area contributed by atoms with Gasteiger partial charge in [-0.3, -0.25) is 9.59 Å². The number of nitrogens with zero attached hydrogens (tertiary/aromatic N) is 1. The fourth-order valence-electron chi connectivity index (χ4n) is 2.31. The van der Waals surface area contributed by atoms with Crippen molar-refractivity contribution in [3.63, 3.8) is 0 Å². The molecule has 21 heavy (non-hydrogen) atoms. The maximum absolute atomic E-state index is 12.9. The van der Waals surface area contributed by atoms with E-state index in [0.29, 0.717) is 13.1 Å². The van der Waals surface area contributed by atoms with Gasteiger partial charge in [-0.2, -0.15) is 0 Å². The van der Waals surface area contributed by atoms with Crippen molar-refractivity contribution in [3.8, 4) is 0 Å². The molecule has 0 aromatic heterocycles. The summed E-state index contributed by atoms with van der Waals surface area (Å²) in [6, 6.07) is 3.51. The van der Waals surface area contributed by atoms with Crippen molar-refractivity contribution in [1.29, 1.82) is 0 Å². The molecule has 1 aliphatic heterocycles. The van der Waals surface area contributed by atoms with E-state index in [4.69, 9.17) is 16.7 Å². The number of carbonyl (C=O) groups is 2. The van der Waals surface area contributed by atoms with Gasteiger partial charge in [-0.1, -0.05) is 11.6 Å². The predicted octanol–water partition coefficient (Wildman–Crippen LogP) is 1.65. The lowest BCUT2D eigenvalue weighted by molar-refractivity contribution is -0.144. The van der Waals surface area contributed by atoms with E-state index < -0.39 is 17.6 Å². The van der Waals surface area contributed by atoms with Gasteiger partial charge < -0.3 is 15.3 Å². The molecular weight excluding hydrogens is 299 g/mol. The maximum atomic E-state index is 12.9. The SMILES string of the molecule is O=C(Nc1ccc(F)cc1Cl)C(=O)N1CCCC(CO)C1. The van der Waals surface area contributed by atoms with Crippen LogP contribution in [0.15, 0.2) is 18.2 Å². The van der Waals surface area contributed by atoms with Gasteiger partial charge in [-0.05, 0) is 37.0 Å². The number of hydrogen-bond acceptors (Lipinski definition) is 3. The van der Waals surface area contributed by atoms with Crippen LogP contribution >= 0.6 is 11.6 Å². The molecule has 2 amide bonds. The minimum absolute atomic E-state index is 0.00455. The van der Waals surface area contributed by atoms with E-state index in [9.17, 15) is 14.0 Å². The maximum Gasteiger partial charge on any atom is 0.313 e. The summed E-state index contributed by atoms with van der Waals surface area (Å²) in [5, 5.41) is 11.5. The van der Waals surface area contributed by atoms with Crippen molar-refractivity contribution in [2.75, 3.05) is 25.0 Å². The number of carbonyl (C=O) groups excluding carboxylic acids is 2. The van der Waals surface area contributed by atoms with E-state index >= 15 is 0 Å². The molecule has 0 aliphatic carbocycles. The number of aliphatic hydroxyl groups excluding tert-OH is 1. The summed E-state index contributed by atoms with van der Waals surface area (Å²) in [7, 11) is 0. The summed E-state index contributed by atoms with van der Waals surface area (Å²) in [6.45, 7) is 0.842. The Balaban J connectivity index is 2.00. The molecule has 5 nitrogen and oxygen atoms in total. The molecule has 1 aromatic rings. The van der Waals surface area contributed by atoms with Crippen molar-refractivity contribution < 1.29 is 19.1 Å². The molecule has 1 unspecified atom stereocenters. The molecule has 1 saturated heterocycles. The molecule has 2 rings (SSSR count). The van der Waals surface area contributed by atoms with Crippen LogP contribution in [0.3, 0.4) is 0 Å². The quantitative estimate of drug-likeness (QED) is 0.816. The second-order valence-electron chi connectivity index (χ2n) is 5.02. The molecule has 0 bridgehead atoms. The standard InChI is InChI=1S/C14H16ClFN2O3/c15-11-6-10(16)3-4-12(11)17-13(20)14(21)18-5-1-2-9(7-18)8-19/h3-4,6,9,19H,1-2,5,7-8H2,(H,17,20). The fourth-order valence-corrected chi connectivity index (χ4v) is 2.52. The Morgan fingerprint density at radius 2 is 2.24 bits per heavy atom. The van der Waals surface area contributed by atoms with Gasteiger partial charge >= 0.3 is 11.8 Å². The van der Waals surface area contributed by atoms with Gasteiger partial charge in [-0.15, -0.1) is 0 Å². The lowest BCUT2D eigenvalue weighted by Crippen LogP contribution is -2.45. The average molecular weight is 315 g/mol. The van der Waals surface area contributed by atoms with Crippen LogP contribution in [0.1, 0.15) is 12.8 Å². The highest BCUT2D eigenvalue weighted by Gasteiger charge is 2.27. The van der Waals surface area contributed by atoms with Crippen molar-refractivity contribution >= 4 is 29.1 Å².